The van der Waals surface area contributed by atoms with Crippen molar-refractivity contribution >= 4 is 11.8 Å². The predicted octanol–water partition coefficient (Wildman–Crippen LogP) is 3.67. The Morgan fingerprint density at radius 3 is 2.56 bits per heavy atom. The van der Waals surface area contributed by atoms with Gasteiger partial charge in [0.05, 0.1) is 11.3 Å². The number of carbonyl (C=O) groups is 2. The summed E-state index contributed by atoms with van der Waals surface area (Å²) in [5.41, 5.74) is -0.754. The van der Waals surface area contributed by atoms with Crippen LogP contribution in [-0.4, -0.2) is 35.1 Å². The van der Waals surface area contributed by atoms with Gasteiger partial charge < -0.3 is 4.74 Å². The molecule has 0 amide bonds. The van der Waals surface area contributed by atoms with Crippen molar-refractivity contribution in [2.75, 3.05) is 6.54 Å². The van der Waals surface area contributed by atoms with Gasteiger partial charge in [-0.2, -0.15) is 0 Å². The minimum absolute atomic E-state index is 0.166. The van der Waals surface area contributed by atoms with Gasteiger partial charge in [0, 0.05) is 19.0 Å². The Balaban J connectivity index is 1.91. The molecule has 1 saturated heterocycles. The fourth-order valence-electron chi connectivity index (χ4n) is 4.11. The highest BCUT2D eigenvalue weighted by molar-refractivity contribution is 5.94. The fraction of sp³-hybridized carbons (Fsp3) is 0.600. The Morgan fingerprint density at radius 1 is 1.32 bits per heavy atom. The number of hydrogen-bond donors (Lipinski definition) is 0. The van der Waals surface area contributed by atoms with Crippen LogP contribution in [0.5, 0.6) is 0 Å². The van der Waals surface area contributed by atoms with Gasteiger partial charge in [0.25, 0.3) is 0 Å². The number of halogens is 1. The van der Waals surface area contributed by atoms with E-state index in [1.807, 2.05) is 37.3 Å². The Morgan fingerprint density at radius 2 is 1.96 bits per heavy atom. The minimum Gasteiger partial charge on any atom is -0.459 e. The molecule has 0 radical (unpaired) electrons. The predicted molar refractivity (Wildman–Crippen MR) is 92.5 cm³/mol. The largest absolute Gasteiger partial charge is 0.459 e. The second-order valence-electron chi connectivity index (χ2n) is 8.23. The molecular weight excluding hydrogens is 321 g/mol. The number of alkyl halides is 1. The quantitative estimate of drug-likeness (QED) is 0.618. The number of Topliss-reactive ketones (excluding diaryl/α,β-unsaturated/α-hetero) is 1. The molecule has 136 valence electrons. The maximum absolute atomic E-state index is 15.3. The van der Waals surface area contributed by atoms with Gasteiger partial charge in [-0.1, -0.05) is 30.3 Å². The summed E-state index contributed by atoms with van der Waals surface area (Å²) in [6.07, 6.45) is -0.848. The first-order valence-corrected chi connectivity index (χ1v) is 8.87. The van der Waals surface area contributed by atoms with Crippen LogP contribution in [0.15, 0.2) is 30.3 Å². The van der Waals surface area contributed by atoms with Crippen LogP contribution in [0, 0.1) is 11.3 Å². The van der Waals surface area contributed by atoms with Crippen molar-refractivity contribution in [2.24, 2.45) is 11.3 Å². The first-order chi connectivity index (χ1) is 11.7. The van der Waals surface area contributed by atoms with Crippen molar-refractivity contribution in [1.82, 2.24) is 4.90 Å². The van der Waals surface area contributed by atoms with Crippen LogP contribution in [0.25, 0.3) is 0 Å². The van der Waals surface area contributed by atoms with E-state index in [0.29, 0.717) is 6.42 Å². The number of rotatable bonds is 3. The highest BCUT2D eigenvalue weighted by atomic mass is 19.1. The van der Waals surface area contributed by atoms with Crippen molar-refractivity contribution in [1.29, 1.82) is 0 Å². The van der Waals surface area contributed by atoms with E-state index in [9.17, 15) is 9.59 Å². The average Bonchev–Trinajstić information content (AvgIpc) is 3.03. The molecule has 1 aliphatic heterocycles. The molecule has 3 rings (SSSR count). The number of nitrogens with zero attached hydrogens (tertiary/aromatic N) is 1. The number of esters is 1. The third-order valence-electron chi connectivity index (χ3n) is 5.40. The maximum atomic E-state index is 15.3. The lowest BCUT2D eigenvalue weighted by Gasteiger charge is -2.31. The molecule has 25 heavy (non-hydrogen) atoms. The molecule has 5 heteroatoms. The molecule has 0 spiro atoms. The number of fused-ring (bicyclic) bond motifs is 1. The Kier molecular flexibility index (Phi) is 4.48. The summed E-state index contributed by atoms with van der Waals surface area (Å²) in [7, 11) is 0. The third-order valence-corrected chi connectivity index (χ3v) is 5.40. The monoisotopic (exact) mass is 347 g/mol. The lowest BCUT2D eigenvalue weighted by Crippen LogP contribution is -2.42. The van der Waals surface area contributed by atoms with E-state index in [2.05, 4.69) is 0 Å². The van der Waals surface area contributed by atoms with Gasteiger partial charge in [-0.25, -0.2) is 4.39 Å². The standard InChI is InChI=1S/C20H26FNO3/c1-13(14-8-6-5-7-9-14)22-12-20(18(24)25-19(2,3)4)11-10-15(23)16(20)17(22)21/h5-9,13,16-17H,10-12H2,1-4H3/t13-,16-,17+,20+/m1/s1. The van der Waals surface area contributed by atoms with E-state index in [0.717, 1.165) is 5.56 Å². The van der Waals surface area contributed by atoms with E-state index < -0.39 is 29.2 Å². The first-order valence-electron chi connectivity index (χ1n) is 8.87. The lowest BCUT2D eigenvalue weighted by atomic mass is 9.80. The van der Waals surface area contributed by atoms with Gasteiger partial charge in [0.2, 0.25) is 0 Å². The number of likely N-dealkylation sites (tertiary alicyclic amines) is 1. The number of ether oxygens (including phenoxy) is 1. The summed E-state index contributed by atoms with van der Waals surface area (Å²) in [4.78, 5) is 26.9. The van der Waals surface area contributed by atoms with Crippen LogP contribution in [-0.2, 0) is 14.3 Å². The molecule has 0 unspecified atom stereocenters. The zero-order valence-corrected chi connectivity index (χ0v) is 15.3. The van der Waals surface area contributed by atoms with Crippen LogP contribution < -0.4 is 0 Å². The van der Waals surface area contributed by atoms with Crippen molar-refractivity contribution < 1.29 is 18.7 Å². The molecule has 4 nitrogen and oxygen atoms in total. The van der Waals surface area contributed by atoms with Crippen molar-refractivity contribution in [3.63, 3.8) is 0 Å². The Hall–Kier alpha value is -1.75. The third kappa shape index (κ3) is 3.10. The zero-order valence-electron chi connectivity index (χ0n) is 15.3. The van der Waals surface area contributed by atoms with E-state index in [4.69, 9.17) is 4.74 Å². The van der Waals surface area contributed by atoms with Gasteiger partial charge in [0.1, 0.15) is 11.4 Å². The number of carbonyl (C=O) groups excluding carboxylic acids is 2. The highest BCUT2D eigenvalue weighted by Gasteiger charge is 2.65. The van der Waals surface area contributed by atoms with Crippen molar-refractivity contribution in [2.45, 2.75) is 58.5 Å². The molecular formula is C20H26FNO3. The molecule has 1 aromatic rings. The summed E-state index contributed by atoms with van der Waals surface area (Å²) in [5.74, 6) is -1.53. The number of benzene rings is 1. The van der Waals surface area contributed by atoms with E-state index in [-0.39, 0.29) is 24.8 Å². The van der Waals surface area contributed by atoms with E-state index in [1.165, 1.54) is 0 Å². The Labute approximate surface area is 148 Å². The second kappa shape index (κ2) is 6.20. The van der Waals surface area contributed by atoms with Crippen LogP contribution >= 0.6 is 0 Å². The summed E-state index contributed by atoms with van der Waals surface area (Å²) < 4.78 is 20.8. The molecule has 4 atom stereocenters. The summed E-state index contributed by atoms with van der Waals surface area (Å²) in [5, 5.41) is 0. The van der Waals surface area contributed by atoms with Crippen molar-refractivity contribution in [3.8, 4) is 0 Å². The van der Waals surface area contributed by atoms with Gasteiger partial charge in [-0.3, -0.25) is 14.5 Å². The first kappa shape index (κ1) is 18.1. The van der Waals surface area contributed by atoms with Gasteiger partial charge >= 0.3 is 5.97 Å². The molecule has 0 bridgehead atoms. The van der Waals surface area contributed by atoms with Crippen LogP contribution in [0.1, 0.15) is 52.1 Å². The summed E-state index contributed by atoms with van der Waals surface area (Å²) >= 11 is 0. The lowest BCUT2D eigenvalue weighted by molar-refractivity contribution is -0.169. The van der Waals surface area contributed by atoms with Crippen LogP contribution in [0.4, 0.5) is 4.39 Å². The highest BCUT2D eigenvalue weighted by Crippen LogP contribution is 2.53. The normalized spacial score (nSPS) is 31.0. The molecule has 2 aliphatic rings. The number of hydrogen-bond acceptors (Lipinski definition) is 4. The SMILES string of the molecule is C[C@H](c1ccccc1)N1C[C@@]2(C(=O)OC(C)(C)C)CCC(=O)[C@@H]2[C@H]1F. The summed E-state index contributed by atoms with van der Waals surface area (Å²) in [6, 6.07) is 9.39. The molecule has 1 aromatic carbocycles. The topological polar surface area (TPSA) is 46.6 Å². The second-order valence-corrected chi connectivity index (χ2v) is 8.23. The fourth-order valence-corrected chi connectivity index (χ4v) is 4.11. The molecule has 1 aliphatic carbocycles. The molecule has 0 N–H and O–H groups in total. The minimum atomic E-state index is -1.46. The van der Waals surface area contributed by atoms with E-state index >= 15 is 4.39 Å². The van der Waals surface area contributed by atoms with Crippen molar-refractivity contribution in [3.05, 3.63) is 35.9 Å². The van der Waals surface area contributed by atoms with E-state index in [1.54, 1.807) is 25.7 Å². The van der Waals surface area contributed by atoms with Gasteiger partial charge in [-0.15, -0.1) is 0 Å². The zero-order chi connectivity index (χ0) is 18.4. The molecule has 1 saturated carbocycles. The van der Waals surface area contributed by atoms with Gasteiger partial charge in [0.15, 0.2) is 6.30 Å². The maximum Gasteiger partial charge on any atom is 0.314 e. The van der Waals surface area contributed by atoms with Crippen LogP contribution in [0.2, 0.25) is 0 Å². The van der Waals surface area contributed by atoms with Gasteiger partial charge in [-0.05, 0) is 39.7 Å². The molecule has 1 heterocycles. The molecule has 2 fully saturated rings. The van der Waals surface area contributed by atoms with Crippen LogP contribution in [0.3, 0.4) is 0 Å². The number of ketones is 1. The Bertz CT molecular complexity index is 669. The summed E-state index contributed by atoms with van der Waals surface area (Å²) in [6.45, 7) is 7.50. The molecule has 0 aromatic heterocycles. The average molecular weight is 347 g/mol. The smallest absolute Gasteiger partial charge is 0.314 e.